The van der Waals surface area contributed by atoms with Gasteiger partial charge in [-0.25, -0.2) is 9.86 Å². The van der Waals surface area contributed by atoms with Crippen LogP contribution in [0, 0.1) is 0 Å². The van der Waals surface area contributed by atoms with Crippen molar-refractivity contribution in [3.05, 3.63) is 0 Å². The van der Waals surface area contributed by atoms with Gasteiger partial charge in [-0.05, 0) is 12.8 Å². The molecule has 1 aliphatic rings. The van der Waals surface area contributed by atoms with Crippen LogP contribution in [0.1, 0.15) is 19.3 Å². The van der Waals surface area contributed by atoms with Crippen LogP contribution in [0.2, 0.25) is 0 Å². The molecule has 0 aromatic rings. The number of nitrogens with one attached hydrogen (secondary N) is 1. The molecular weight excluding hydrogens is 228 g/mol. The Bertz CT molecular complexity index is 278. The van der Waals surface area contributed by atoms with Gasteiger partial charge in [0.2, 0.25) is 0 Å². The molecule has 7 heteroatoms. The van der Waals surface area contributed by atoms with Gasteiger partial charge in [0, 0.05) is 20.1 Å². The topological polar surface area (TPSA) is 88.1 Å². The Labute approximate surface area is 99.6 Å². The van der Waals surface area contributed by atoms with Gasteiger partial charge in [-0.3, -0.25) is 9.63 Å². The molecule has 1 heterocycles. The first kappa shape index (κ1) is 13.7. The van der Waals surface area contributed by atoms with E-state index in [1.54, 1.807) is 0 Å². The zero-order chi connectivity index (χ0) is 12.8. The van der Waals surface area contributed by atoms with Crippen molar-refractivity contribution >= 4 is 12.0 Å². The molecule has 2 unspecified atom stereocenters. The average molecular weight is 246 g/mol. The summed E-state index contributed by atoms with van der Waals surface area (Å²) >= 11 is 0. The Morgan fingerprint density at radius 1 is 1.65 bits per heavy atom. The maximum absolute atomic E-state index is 11.8. The van der Waals surface area contributed by atoms with Crippen LogP contribution in [0.25, 0.3) is 0 Å². The number of carboxylic acid groups (broad SMARTS) is 1. The van der Waals surface area contributed by atoms with Gasteiger partial charge in [0.15, 0.2) is 0 Å². The highest BCUT2D eigenvalue weighted by Crippen LogP contribution is 2.17. The zero-order valence-corrected chi connectivity index (χ0v) is 10.0. The van der Waals surface area contributed by atoms with E-state index in [9.17, 15) is 9.59 Å². The lowest BCUT2D eigenvalue weighted by atomic mass is 10.1. The molecule has 2 N–H and O–H groups in total. The quantitative estimate of drug-likeness (QED) is 0.677. The highest BCUT2D eigenvalue weighted by Gasteiger charge is 2.29. The van der Waals surface area contributed by atoms with E-state index in [4.69, 9.17) is 14.7 Å². The number of amides is 2. The molecule has 0 spiro atoms. The molecule has 0 bridgehead atoms. The van der Waals surface area contributed by atoms with Crippen molar-refractivity contribution in [1.29, 1.82) is 0 Å². The van der Waals surface area contributed by atoms with Crippen molar-refractivity contribution in [1.82, 2.24) is 10.4 Å². The van der Waals surface area contributed by atoms with Gasteiger partial charge in [-0.2, -0.15) is 0 Å². The van der Waals surface area contributed by atoms with Gasteiger partial charge in [0.1, 0.15) is 6.04 Å². The summed E-state index contributed by atoms with van der Waals surface area (Å²) in [5.74, 6) is -0.426. The van der Waals surface area contributed by atoms with Gasteiger partial charge < -0.3 is 15.2 Å². The maximum Gasteiger partial charge on any atom is 0.405 e. The molecule has 0 radical (unpaired) electrons. The molecule has 7 nitrogen and oxygen atoms in total. The first-order valence-corrected chi connectivity index (χ1v) is 5.47. The Balaban J connectivity index is 2.58. The second-order valence-corrected chi connectivity index (χ2v) is 3.89. The SMILES string of the molecule is CON(C)C(=O)C(CC1CCCO1)NC(=O)O. The minimum absolute atomic E-state index is 0.0685. The van der Waals surface area contributed by atoms with Crippen LogP contribution in [0.5, 0.6) is 0 Å². The second-order valence-electron chi connectivity index (χ2n) is 3.89. The molecule has 17 heavy (non-hydrogen) atoms. The van der Waals surface area contributed by atoms with Gasteiger partial charge in [0.25, 0.3) is 5.91 Å². The van der Waals surface area contributed by atoms with E-state index in [1.165, 1.54) is 14.2 Å². The summed E-state index contributed by atoms with van der Waals surface area (Å²) in [6.07, 6.45) is 0.825. The number of hydroxylamine groups is 2. The van der Waals surface area contributed by atoms with Crippen LogP contribution in [0.3, 0.4) is 0 Å². The third kappa shape index (κ3) is 4.20. The number of carbonyl (C=O) groups excluding carboxylic acids is 1. The lowest BCUT2D eigenvalue weighted by Gasteiger charge is -2.23. The van der Waals surface area contributed by atoms with Gasteiger partial charge in [-0.1, -0.05) is 0 Å². The molecule has 98 valence electrons. The molecular formula is C10H18N2O5. The number of nitrogens with zero attached hydrogens (tertiary/aromatic N) is 1. The summed E-state index contributed by atoms with van der Waals surface area (Å²) < 4.78 is 5.38. The highest BCUT2D eigenvalue weighted by atomic mass is 16.7. The van der Waals surface area contributed by atoms with Crippen LogP contribution in [-0.2, 0) is 14.4 Å². The Hall–Kier alpha value is -1.34. The molecule has 1 aliphatic heterocycles. The molecule has 1 saturated heterocycles. The van der Waals surface area contributed by atoms with Crippen LogP contribution in [0.4, 0.5) is 4.79 Å². The fourth-order valence-electron chi connectivity index (χ4n) is 1.77. The number of rotatable bonds is 5. The molecule has 2 amide bonds. The van der Waals surface area contributed by atoms with Crippen LogP contribution < -0.4 is 5.32 Å². The largest absolute Gasteiger partial charge is 0.465 e. The number of hydrogen-bond donors (Lipinski definition) is 2. The van der Waals surface area contributed by atoms with E-state index in [1.807, 2.05) is 0 Å². The van der Waals surface area contributed by atoms with Gasteiger partial charge in [0.05, 0.1) is 13.2 Å². The maximum atomic E-state index is 11.8. The predicted molar refractivity (Wildman–Crippen MR) is 58.3 cm³/mol. The number of likely N-dealkylation sites (N-methyl/N-ethyl adjacent to an activating group) is 1. The van der Waals surface area contributed by atoms with Crippen LogP contribution >= 0.6 is 0 Å². The third-order valence-electron chi connectivity index (χ3n) is 2.70. The summed E-state index contributed by atoms with van der Waals surface area (Å²) in [6.45, 7) is 0.665. The number of carbonyl (C=O) groups is 2. The van der Waals surface area contributed by atoms with Gasteiger partial charge in [-0.15, -0.1) is 0 Å². The minimum atomic E-state index is -1.23. The lowest BCUT2D eigenvalue weighted by Crippen LogP contribution is -2.48. The van der Waals surface area contributed by atoms with Crippen molar-refractivity contribution in [2.24, 2.45) is 0 Å². The summed E-state index contributed by atoms with van der Waals surface area (Å²) in [6, 6.07) is -0.833. The third-order valence-corrected chi connectivity index (χ3v) is 2.70. The standard InChI is InChI=1S/C10H18N2O5/c1-12(16-2)9(13)8(11-10(14)15)6-7-4-3-5-17-7/h7-8,11H,3-6H2,1-2H3,(H,14,15). The zero-order valence-electron chi connectivity index (χ0n) is 10.0. The highest BCUT2D eigenvalue weighted by molar-refractivity contribution is 5.84. The van der Waals surface area contributed by atoms with Crippen LogP contribution in [-0.4, -0.2) is 55.1 Å². The summed E-state index contributed by atoms with van der Waals surface area (Å²) in [5, 5.41) is 11.9. The smallest absolute Gasteiger partial charge is 0.405 e. The predicted octanol–water partition coefficient (Wildman–Crippen LogP) is 0.212. The lowest BCUT2D eigenvalue weighted by molar-refractivity contribution is -0.171. The van der Waals surface area contributed by atoms with Crippen molar-refractivity contribution < 1.29 is 24.3 Å². The van der Waals surface area contributed by atoms with E-state index in [0.717, 1.165) is 17.9 Å². The Morgan fingerprint density at radius 3 is 2.82 bits per heavy atom. The minimum Gasteiger partial charge on any atom is -0.465 e. The van der Waals surface area contributed by atoms with Gasteiger partial charge >= 0.3 is 6.09 Å². The summed E-state index contributed by atoms with van der Waals surface area (Å²) in [7, 11) is 2.79. The molecule has 1 rings (SSSR count). The van der Waals surface area contributed by atoms with E-state index in [2.05, 4.69) is 5.32 Å². The van der Waals surface area contributed by atoms with Crippen molar-refractivity contribution in [2.45, 2.75) is 31.4 Å². The molecule has 2 atom stereocenters. The summed E-state index contributed by atoms with van der Waals surface area (Å²) in [4.78, 5) is 27.2. The number of ether oxygens (including phenoxy) is 1. The molecule has 0 aliphatic carbocycles. The fourth-order valence-corrected chi connectivity index (χ4v) is 1.77. The van der Waals surface area contributed by atoms with Crippen molar-refractivity contribution in [3.8, 4) is 0 Å². The number of hydrogen-bond acceptors (Lipinski definition) is 4. The average Bonchev–Trinajstić information content (AvgIpc) is 2.78. The normalized spacial score (nSPS) is 20.9. The van der Waals surface area contributed by atoms with Crippen molar-refractivity contribution in [2.75, 3.05) is 20.8 Å². The molecule has 0 aromatic carbocycles. The molecule has 0 aromatic heterocycles. The molecule has 1 fully saturated rings. The first-order chi connectivity index (χ1) is 8.04. The monoisotopic (exact) mass is 246 g/mol. The van der Waals surface area contributed by atoms with E-state index >= 15 is 0 Å². The van der Waals surface area contributed by atoms with E-state index in [-0.39, 0.29) is 6.10 Å². The van der Waals surface area contributed by atoms with Crippen LogP contribution in [0.15, 0.2) is 0 Å². The van der Waals surface area contributed by atoms with Crippen molar-refractivity contribution in [3.63, 3.8) is 0 Å². The first-order valence-electron chi connectivity index (χ1n) is 5.47. The summed E-state index contributed by atoms with van der Waals surface area (Å²) in [5.41, 5.74) is 0. The fraction of sp³-hybridized carbons (Fsp3) is 0.800. The second kappa shape index (κ2) is 6.41. The Kier molecular flexibility index (Phi) is 5.17. The Morgan fingerprint density at radius 2 is 2.35 bits per heavy atom. The van der Waals surface area contributed by atoms with E-state index in [0.29, 0.717) is 13.0 Å². The van der Waals surface area contributed by atoms with E-state index < -0.39 is 18.0 Å². The molecule has 0 saturated carbocycles.